The second kappa shape index (κ2) is 18.7. The van der Waals surface area contributed by atoms with Crippen LogP contribution in [-0.4, -0.2) is 82.7 Å². The first-order chi connectivity index (χ1) is 20.5. The molecule has 43 heavy (non-hydrogen) atoms. The van der Waals surface area contributed by atoms with E-state index in [9.17, 15) is 14.7 Å². The van der Waals surface area contributed by atoms with Gasteiger partial charge in [-0.3, -0.25) is 9.69 Å². The van der Waals surface area contributed by atoms with E-state index in [1.807, 2.05) is 12.1 Å². The third-order valence-corrected chi connectivity index (χ3v) is 8.20. The first-order valence-corrected chi connectivity index (χ1v) is 16.2. The van der Waals surface area contributed by atoms with Crippen molar-refractivity contribution in [1.82, 2.24) is 4.90 Å². The number of likely N-dealkylation sites (tertiary alicyclic amines) is 1. The van der Waals surface area contributed by atoms with E-state index in [0.29, 0.717) is 25.6 Å². The predicted molar refractivity (Wildman–Crippen MR) is 178 cm³/mol. The second-order valence-corrected chi connectivity index (χ2v) is 12.9. The molecule has 2 unspecified atom stereocenters. The number of carboxylic acids is 1. The van der Waals surface area contributed by atoms with E-state index in [4.69, 9.17) is 4.74 Å². The number of quaternary nitrogens is 1. The highest BCUT2D eigenvalue weighted by Crippen LogP contribution is 2.42. The number of nitrogens with zero attached hydrogens (tertiary/aromatic N) is 2. The normalized spacial score (nSPS) is 19.8. The van der Waals surface area contributed by atoms with Crippen LogP contribution in [0.5, 0.6) is 5.75 Å². The maximum atomic E-state index is 12.2. The Kier molecular flexibility index (Phi) is 15.8. The average Bonchev–Trinajstić information content (AvgIpc) is 3.56. The molecule has 2 aromatic rings. The lowest BCUT2D eigenvalue weighted by Gasteiger charge is -2.28. The molecule has 0 radical (unpaired) electrons. The Morgan fingerprint density at radius 2 is 1.88 bits per heavy atom. The summed E-state index contributed by atoms with van der Waals surface area (Å²) in [5.74, 6) is 0.0466. The third-order valence-electron chi connectivity index (χ3n) is 8.20. The molecule has 0 amide bonds. The van der Waals surface area contributed by atoms with Gasteiger partial charge in [0.05, 0.1) is 40.2 Å². The summed E-state index contributed by atoms with van der Waals surface area (Å²) in [5.41, 5.74) is 4.88. The lowest BCUT2D eigenvalue weighted by Crippen LogP contribution is -3.02. The summed E-state index contributed by atoms with van der Waals surface area (Å²) < 4.78 is 5.58. The molecular formula is C36H58N3O4+. The van der Waals surface area contributed by atoms with Crippen molar-refractivity contribution in [2.45, 2.75) is 78.2 Å². The summed E-state index contributed by atoms with van der Waals surface area (Å²) >= 11 is 0. The van der Waals surface area contributed by atoms with Gasteiger partial charge in [-0.05, 0) is 60.6 Å². The van der Waals surface area contributed by atoms with Crippen molar-refractivity contribution in [2.75, 3.05) is 59.3 Å². The van der Waals surface area contributed by atoms with Crippen molar-refractivity contribution in [3.05, 3.63) is 59.2 Å². The third kappa shape index (κ3) is 11.6. The molecule has 2 aromatic carbocycles. The Morgan fingerprint density at radius 3 is 2.49 bits per heavy atom. The topological polar surface area (TPSA) is 74.5 Å². The van der Waals surface area contributed by atoms with Gasteiger partial charge in [-0.15, -0.1) is 0 Å². The fraction of sp³-hybridized carbons (Fsp3) is 0.611. The van der Waals surface area contributed by atoms with Crippen molar-refractivity contribution in [1.29, 1.82) is 0 Å². The lowest BCUT2D eigenvalue weighted by atomic mass is 9.81. The maximum Gasteiger partial charge on any atom is 0.308 e. The Hall–Kier alpha value is -2.90. The number of aldehydes is 1. The zero-order valence-corrected chi connectivity index (χ0v) is 28.1. The highest BCUT2D eigenvalue weighted by molar-refractivity contribution is 5.73. The Balaban J connectivity index is 0.000000316. The van der Waals surface area contributed by atoms with Crippen LogP contribution in [0.3, 0.4) is 0 Å². The van der Waals surface area contributed by atoms with Gasteiger partial charge in [-0.2, -0.15) is 0 Å². The number of carbonyl (C=O) groups is 2. The highest BCUT2D eigenvalue weighted by Gasteiger charge is 2.46. The molecule has 2 aliphatic heterocycles. The minimum atomic E-state index is -0.756. The summed E-state index contributed by atoms with van der Waals surface area (Å²) in [4.78, 5) is 29.2. The number of rotatable bonds is 12. The van der Waals surface area contributed by atoms with E-state index in [1.165, 1.54) is 29.0 Å². The molecule has 0 bridgehead atoms. The minimum Gasteiger partial charge on any atom is -0.493 e. The number of hydrogen-bond acceptors (Lipinski definition) is 5. The van der Waals surface area contributed by atoms with E-state index >= 15 is 0 Å². The smallest absolute Gasteiger partial charge is 0.308 e. The molecule has 240 valence electrons. The fourth-order valence-electron chi connectivity index (χ4n) is 6.10. The van der Waals surface area contributed by atoms with Crippen LogP contribution in [-0.2, 0) is 16.0 Å². The van der Waals surface area contributed by atoms with Gasteiger partial charge in [0, 0.05) is 44.2 Å². The molecular weight excluding hydrogens is 538 g/mol. The molecule has 1 fully saturated rings. The number of unbranched alkanes of at least 4 members (excludes halogenated alkanes) is 1. The number of nitrogens with one attached hydrogen (secondary N) is 1. The monoisotopic (exact) mass is 596 g/mol. The van der Waals surface area contributed by atoms with Crippen LogP contribution in [0.25, 0.3) is 0 Å². The van der Waals surface area contributed by atoms with Crippen molar-refractivity contribution >= 4 is 17.9 Å². The van der Waals surface area contributed by atoms with Crippen LogP contribution in [0.15, 0.2) is 42.5 Å². The number of aliphatic carboxylic acids is 1. The fourth-order valence-corrected chi connectivity index (χ4v) is 6.10. The van der Waals surface area contributed by atoms with E-state index in [1.54, 1.807) is 0 Å². The maximum absolute atomic E-state index is 12.2. The van der Waals surface area contributed by atoms with Gasteiger partial charge in [0.1, 0.15) is 12.0 Å². The van der Waals surface area contributed by atoms with Gasteiger partial charge >= 0.3 is 5.97 Å². The van der Waals surface area contributed by atoms with Crippen molar-refractivity contribution in [3.8, 4) is 5.75 Å². The number of benzene rings is 2. The van der Waals surface area contributed by atoms with Gasteiger partial charge in [0.25, 0.3) is 0 Å². The zero-order valence-electron chi connectivity index (χ0n) is 28.1. The van der Waals surface area contributed by atoms with Gasteiger partial charge in [0.15, 0.2) is 0 Å². The zero-order chi connectivity index (χ0) is 31.9. The molecule has 0 spiro atoms. The minimum absolute atomic E-state index is 0.0859. The molecule has 4 atom stereocenters. The standard InChI is InChI=1S/C21H29NO4.C12H19N.C3H9N/c1-3-4-14(2)11-18-20(21(24)25)17(13-22(18)8-9-23)15-5-6-19-16(12-15)7-10-26-19;1-4-5-9-13(3)12-8-6-7-11(2)10-12;1-4(2)3/h5-6,9,12,14,17-18,20H,3-4,7-8,10-11,13H2,1-2H3,(H,24,25);6-8,10H,4-5,9H2,1-3H3;1-3H3/p+1/t14?,17?,18-,20+;;/m0../s1. The molecule has 0 aliphatic carbocycles. The van der Waals surface area contributed by atoms with Crippen LogP contribution in [0.1, 0.15) is 75.5 Å². The Morgan fingerprint density at radius 1 is 1.16 bits per heavy atom. The van der Waals surface area contributed by atoms with E-state index in [2.05, 4.69) is 96.0 Å². The van der Waals surface area contributed by atoms with Crippen molar-refractivity contribution < 1.29 is 24.3 Å². The largest absolute Gasteiger partial charge is 0.493 e. The van der Waals surface area contributed by atoms with Crippen LogP contribution >= 0.6 is 0 Å². The summed E-state index contributed by atoms with van der Waals surface area (Å²) in [5, 5.41) is 10.00. The van der Waals surface area contributed by atoms with Gasteiger partial charge in [-0.25, -0.2) is 0 Å². The molecule has 7 heteroatoms. The molecule has 2 aliphatic rings. The number of carbonyl (C=O) groups excluding carboxylic acids is 1. The number of aryl methyl sites for hydroxylation is 1. The van der Waals surface area contributed by atoms with E-state index < -0.39 is 11.9 Å². The van der Waals surface area contributed by atoms with Crippen LogP contribution in [0.4, 0.5) is 5.69 Å². The van der Waals surface area contributed by atoms with Crippen molar-refractivity contribution in [3.63, 3.8) is 0 Å². The first-order valence-electron chi connectivity index (χ1n) is 16.2. The number of carboxylic acid groups (broad SMARTS) is 1. The summed E-state index contributed by atoms with van der Waals surface area (Å²) in [6.45, 7) is 11.5. The average molecular weight is 597 g/mol. The SMILES string of the molecule is CCCC(C)C[C@H]1[C@H](C(=O)O)C(c2ccc3c(c2)CCO3)CN1CC=O.CCCCN(C)c1cccc(C)c1.C[NH+](C)C. The molecule has 0 saturated carbocycles. The Labute approximate surface area is 261 Å². The predicted octanol–water partition coefficient (Wildman–Crippen LogP) is 5.11. The highest BCUT2D eigenvalue weighted by atomic mass is 16.5. The van der Waals surface area contributed by atoms with E-state index in [0.717, 1.165) is 55.4 Å². The number of ether oxygens (including phenoxy) is 1. The van der Waals surface area contributed by atoms with Crippen molar-refractivity contribution in [2.24, 2.45) is 11.8 Å². The molecule has 2 heterocycles. The van der Waals surface area contributed by atoms with Crippen LogP contribution in [0.2, 0.25) is 0 Å². The lowest BCUT2D eigenvalue weighted by molar-refractivity contribution is -0.836. The number of hydrogen-bond donors (Lipinski definition) is 2. The molecule has 7 nitrogen and oxygen atoms in total. The summed E-state index contributed by atoms with van der Waals surface area (Å²) in [6, 6.07) is 14.6. The molecule has 4 rings (SSSR count). The van der Waals surface area contributed by atoms with Crippen LogP contribution < -0.4 is 14.5 Å². The van der Waals surface area contributed by atoms with Gasteiger partial charge in [0.2, 0.25) is 0 Å². The van der Waals surface area contributed by atoms with E-state index in [-0.39, 0.29) is 12.0 Å². The van der Waals surface area contributed by atoms with Crippen LogP contribution in [0, 0.1) is 18.8 Å². The first kappa shape index (κ1) is 36.3. The molecule has 2 N–H and O–H groups in total. The second-order valence-electron chi connectivity index (χ2n) is 12.9. The quantitative estimate of drug-likeness (QED) is 0.332. The summed E-state index contributed by atoms with van der Waals surface area (Å²) in [6.07, 6.45) is 7.30. The van der Waals surface area contributed by atoms with Gasteiger partial charge in [-0.1, -0.05) is 64.3 Å². The molecule has 0 aromatic heterocycles. The number of fused-ring (bicyclic) bond motifs is 1. The number of anilines is 1. The Bertz CT molecular complexity index is 1120. The van der Waals surface area contributed by atoms with Gasteiger partial charge < -0.3 is 24.4 Å². The molecule has 1 saturated heterocycles. The summed E-state index contributed by atoms with van der Waals surface area (Å²) in [7, 11) is 8.41.